The molecule has 192 valence electrons. The third kappa shape index (κ3) is 5.05. The predicted molar refractivity (Wildman–Crippen MR) is 138 cm³/mol. The summed E-state index contributed by atoms with van der Waals surface area (Å²) < 4.78 is 23.3. The van der Waals surface area contributed by atoms with Gasteiger partial charge in [0.05, 0.1) is 42.7 Å². The van der Waals surface area contributed by atoms with Gasteiger partial charge in [0.2, 0.25) is 0 Å². The molecule has 2 heterocycles. The highest BCUT2D eigenvalue weighted by Gasteiger charge is 2.34. The van der Waals surface area contributed by atoms with E-state index in [0.29, 0.717) is 26.3 Å². The maximum atomic E-state index is 13.8. The van der Waals surface area contributed by atoms with Crippen molar-refractivity contribution in [3.8, 4) is 17.2 Å². The number of thiazole rings is 1. The van der Waals surface area contributed by atoms with Crippen LogP contribution in [0.15, 0.2) is 63.5 Å². The Kier molecular flexibility index (Phi) is 7.58. The van der Waals surface area contributed by atoms with Crippen molar-refractivity contribution in [3.05, 3.63) is 84.5 Å². The topological polar surface area (TPSA) is 105 Å². The van der Waals surface area contributed by atoms with Crippen molar-refractivity contribution in [2.75, 3.05) is 20.8 Å². The Bertz CT molecular complexity index is 1580. The minimum atomic E-state index is -0.838. The summed E-state index contributed by atoms with van der Waals surface area (Å²) in [5.41, 5.74) is 1.66. The van der Waals surface area contributed by atoms with Crippen LogP contribution in [-0.4, -0.2) is 37.3 Å². The first kappa shape index (κ1) is 25.9. The zero-order chi connectivity index (χ0) is 26.7. The van der Waals surface area contributed by atoms with Crippen LogP contribution in [0.1, 0.15) is 37.9 Å². The maximum absolute atomic E-state index is 13.8. The molecule has 0 N–H and O–H groups in total. The molecule has 1 aliphatic rings. The van der Waals surface area contributed by atoms with E-state index in [-0.39, 0.29) is 29.2 Å². The maximum Gasteiger partial charge on any atom is 0.338 e. The molecule has 1 atom stereocenters. The number of ether oxygens (including phenoxy) is 4. The molecule has 37 heavy (non-hydrogen) atoms. The smallest absolute Gasteiger partial charge is 0.338 e. The Morgan fingerprint density at radius 1 is 1.08 bits per heavy atom. The number of benzene rings is 2. The number of carbonyl (C=O) groups is 2. The van der Waals surface area contributed by atoms with E-state index in [2.05, 4.69) is 4.99 Å². The minimum absolute atomic E-state index is 0.162. The number of hydrogen-bond donors (Lipinski definition) is 0. The molecular weight excluding hydrogens is 496 g/mol. The number of esters is 2. The summed E-state index contributed by atoms with van der Waals surface area (Å²) in [7, 11) is 3.01. The van der Waals surface area contributed by atoms with Crippen molar-refractivity contribution in [1.82, 2.24) is 4.57 Å². The van der Waals surface area contributed by atoms with Crippen molar-refractivity contribution in [2.24, 2.45) is 4.99 Å². The van der Waals surface area contributed by atoms with Crippen LogP contribution in [-0.2, 0) is 14.3 Å². The van der Waals surface area contributed by atoms with Gasteiger partial charge in [-0.2, -0.15) is 0 Å². The summed E-state index contributed by atoms with van der Waals surface area (Å²) in [6.07, 6.45) is 1.74. The second-order valence-corrected chi connectivity index (χ2v) is 9.06. The lowest BCUT2D eigenvalue weighted by molar-refractivity contribution is -0.139. The van der Waals surface area contributed by atoms with E-state index in [9.17, 15) is 14.4 Å². The number of fused-ring (bicyclic) bond motifs is 1. The van der Waals surface area contributed by atoms with Crippen LogP contribution in [0.4, 0.5) is 0 Å². The van der Waals surface area contributed by atoms with Crippen molar-refractivity contribution in [2.45, 2.75) is 26.8 Å². The fourth-order valence-electron chi connectivity index (χ4n) is 4.13. The lowest BCUT2D eigenvalue weighted by atomic mass is 9.95. The summed E-state index contributed by atoms with van der Waals surface area (Å²) in [4.78, 5) is 43.4. The molecule has 0 bridgehead atoms. The molecule has 0 amide bonds. The average Bonchev–Trinajstić information content (AvgIpc) is 3.17. The number of rotatable bonds is 7. The van der Waals surface area contributed by atoms with Crippen LogP contribution < -0.4 is 29.1 Å². The largest absolute Gasteiger partial charge is 0.496 e. The summed E-state index contributed by atoms with van der Waals surface area (Å²) >= 11 is 1.21. The van der Waals surface area contributed by atoms with Crippen LogP contribution in [0.25, 0.3) is 6.08 Å². The molecule has 9 nitrogen and oxygen atoms in total. The van der Waals surface area contributed by atoms with E-state index in [0.717, 1.165) is 5.56 Å². The van der Waals surface area contributed by atoms with Crippen LogP contribution in [0.3, 0.4) is 0 Å². The summed E-state index contributed by atoms with van der Waals surface area (Å²) in [6, 6.07) is 11.4. The van der Waals surface area contributed by atoms with Crippen LogP contribution in [0.5, 0.6) is 17.2 Å². The van der Waals surface area contributed by atoms with E-state index in [4.69, 9.17) is 18.9 Å². The first-order chi connectivity index (χ1) is 17.8. The normalized spacial score (nSPS) is 15.1. The predicted octanol–water partition coefficient (Wildman–Crippen LogP) is 2.74. The third-order valence-corrected chi connectivity index (χ3v) is 6.68. The molecule has 10 heteroatoms. The van der Waals surface area contributed by atoms with Gasteiger partial charge in [0.1, 0.15) is 5.75 Å². The van der Waals surface area contributed by atoms with E-state index < -0.39 is 18.0 Å². The zero-order valence-corrected chi connectivity index (χ0v) is 21.9. The first-order valence-corrected chi connectivity index (χ1v) is 12.3. The van der Waals surface area contributed by atoms with Gasteiger partial charge in [0.25, 0.3) is 5.56 Å². The highest BCUT2D eigenvalue weighted by atomic mass is 32.1. The molecule has 0 aliphatic carbocycles. The number of allylic oxidation sites excluding steroid dienone is 1. The fraction of sp³-hybridized carbons (Fsp3) is 0.259. The van der Waals surface area contributed by atoms with Crippen molar-refractivity contribution < 1.29 is 28.5 Å². The van der Waals surface area contributed by atoms with Gasteiger partial charge >= 0.3 is 11.9 Å². The first-order valence-electron chi connectivity index (χ1n) is 11.5. The number of nitrogens with zero attached hydrogens (tertiary/aromatic N) is 2. The molecule has 0 saturated carbocycles. The van der Waals surface area contributed by atoms with Gasteiger partial charge in [0.15, 0.2) is 16.3 Å². The molecular formula is C27H26N2O7S. The summed E-state index contributed by atoms with van der Waals surface area (Å²) in [6.45, 7) is 4.87. The molecule has 1 aromatic heterocycles. The molecule has 0 radical (unpaired) electrons. The highest BCUT2D eigenvalue weighted by molar-refractivity contribution is 7.07. The number of hydrogen-bond acceptors (Lipinski definition) is 9. The van der Waals surface area contributed by atoms with E-state index in [1.54, 1.807) is 45.2 Å². The summed E-state index contributed by atoms with van der Waals surface area (Å²) in [5, 5.41) is 0. The standard InChI is InChI=1S/C27H26N2O7S/c1-6-35-26(32)23-15(2)28-27-29(24(23)18-11-12-20(36-16(3)30)21(13-18)34-5)25(31)22(37-27)14-17-9-7-8-10-19(17)33-4/h7-14,24H,6H2,1-5H3/b22-14-. The van der Waals surface area contributed by atoms with Gasteiger partial charge in [-0.05, 0) is 43.7 Å². The Labute approximate surface area is 216 Å². The second-order valence-electron chi connectivity index (χ2n) is 8.05. The highest BCUT2D eigenvalue weighted by Crippen LogP contribution is 2.36. The second kappa shape index (κ2) is 10.8. The lowest BCUT2D eigenvalue weighted by Gasteiger charge is -2.25. The van der Waals surface area contributed by atoms with Crippen molar-refractivity contribution >= 4 is 29.4 Å². The Balaban J connectivity index is 1.96. The van der Waals surface area contributed by atoms with Gasteiger partial charge in [0, 0.05) is 12.5 Å². The van der Waals surface area contributed by atoms with Gasteiger partial charge in [-0.1, -0.05) is 35.6 Å². The van der Waals surface area contributed by atoms with Gasteiger partial charge in [-0.3, -0.25) is 14.2 Å². The van der Waals surface area contributed by atoms with Gasteiger partial charge in [-0.15, -0.1) is 0 Å². The molecule has 3 aromatic rings. The molecule has 1 aliphatic heterocycles. The Morgan fingerprint density at radius 2 is 1.81 bits per heavy atom. The molecule has 4 rings (SSSR count). The molecule has 0 saturated heterocycles. The van der Waals surface area contributed by atoms with E-state index >= 15 is 0 Å². The van der Waals surface area contributed by atoms with Crippen LogP contribution >= 0.6 is 11.3 Å². The Hall–Kier alpha value is -4.18. The number of para-hydroxylation sites is 1. The average molecular weight is 523 g/mol. The van der Waals surface area contributed by atoms with Gasteiger partial charge < -0.3 is 18.9 Å². The van der Waals surface area contributed by atoms with E-state index in [1.807, 2.05) is 24.3 Å². The minimum Gasteiger partial charge on any atom is -0.496 e. The molecule has 1 unspecified atom stereocenters. The lowest BCUT2D eigenvalue weighted by Crippen LogP contribution is -2.40. The van der Waals surface area contributed by atoms with Crippen molar-refractivity contribution in [3.63, 3.8) is 0 Å². The monoisotopic (exact) mass is 522 g/mol. The molecule has 0 fully saturated rings. The van der Waals surface area contributed by atoms with E-state index in [1.165, 1.54) is 29.9 Å². The third-order valence-electron chi connectivity index (χ3n) is 5.70. The Morgan fingerprint density at radius 3 is 2.49 bits per heavy atom. The molecule has 2 aromatic carbocycles. The number of carbonyl (C=O) groups excluding carboxylic acids is 2. The SMILES string of the molecule is CCOC(=O)C1=C(C)N=c2s/c(=C\c3ccccc3OC)c(=O)n2C1c1ccc(OC(C)=O)c(OC)c1. The quantitative estimate of drug-likeness (QED) is 0.347. The van der Waals surface area contributed by atoms with Crippen molar-refractivity contribution in [1.29, 1.82) is 0 Å². The van der Waals surface area contributed by atoms with Crippen LogP contribution in [0.2, 0.25) is 0 Å². The van der Waals surface area contributed by atoms with Crippen LogP contribution in [0, 0.1) is 0 Å². The number of methoxy groups -OCH3 is 2. The fourth-order valence-corrected chi connectivity index (χ4v) is 5.16. The summed E-state index contributed by atoms with van der Waals surface area (Å²) in [5.74, 6) is 0.0515. The van der Waals surface area contributed by atoms with Gasteiger partial charge in [-0.25, -0.2) is 9.79 Å². The number of aromatic nitrogens is 1. The molecule has 0 spiro atoms. The zero-order valence-electron chi connectivity index (χ0n) is 21.1.